The molecule has 2 bridgehead atoms. The average Bonchev–Trinajstić information content (AvgIpc) is 3.74. The standard InChI is InChI=1S/C49H57NO5S/c1-33-16-17-41(56-33)44(53)40-27-47-24-25-49(40)42(45(47,2)21-18-37(51)26-47)19-22-46(3)43(49)20-23-48(46,54)32-50(28-36-14-9-13-35-12-7-8-15-39(35)36)29-38(52)31-55-30-34-10-5-4-6-11-34/h4-17,24-25,27,37-38,42-43,51-52,54H,18-23,26,28-32H2,1-3H3. The zero-order valence-corrected chi connectivity index (χ0v) is 33.9. The van der Waals surface area contributed by atoms with Gasteiger partial charge in [-0.15, -0.1) is 11.3 Å². The Morgan fingerprint density at radius 2 is 1.62 bits per heavy atom. The minimum Gasteiger partial charge on any atom is -0.393 e. The number of carbonyl (C=O) groups excluding carboxylic acids is 1. The van der Waals surface area contributed by atoms with Gasteiger partial charge in [0.1, 0.15) is 0 Å². The Bertz CT molecular complexity index is 2170. The molecule has 3 saturated carbocycles. The number of benzene rings is 3. The summed E-state index contributed by atoms with van der Waals surface area (Å²) < 4.78 is 6.03. The molecule has 6 aliphatic carbocycles. The van der Waals surface area contributed by atoms with Gasteiger partial charge >= 0.3 is 0 Å². The quantitative estimate of drug-likeness (QED) is 0.0985. The summed E-state index contributed by atoms with van der Waals surface area (Å²) in [5, 5.41) is 38.3. The van der Waals surface area contributed by atoms with E-state index in [4.69, 9.17) is 4.74 Å². The summed E-state index contributed by atoms with van der Waals surface area (Å²) in [7, 11) is 0. The Labute approximate surface area is 335 Å². The monoisotopic (exact) mass is 771 g/mol. The molecule has 10 rings (SSSR count). The van der Waals surface area contributed by atoms with Crippen molar-refractivity contribution >= 4 is 27.9 Å². The maximum atomic E-state index is 14.9. The van der Waals surface area contributed by atoms with E-state index < -0.39 is 22.5 Å². The van der Waals surface area contributed by atoms with Gasteiger partial charge in [-0.25, -0.2) is 0 Å². The second-order valence-corrected chi connectivity index (χ2v) is 19.8. The number of allylic oxidation sites excluding steroid dienone is 4. The van der Waals surface area contributed by atoms with Crippen LogP contribution in [0, 0.1) is 40.4 Å². The molecule has 1 aromatic heterocycles. The molecule has 7 heteroatoms. The summed E-state index contributed by atoms with van der Waals surface area (Å²) in [6.45, 7) is 8.78. The largest absolute Gasteiger partial charge is 0.393 e. The van der Waals surface area contributed by atoms with Crippen LogP contribution in [0.4, 0.5) is 0 Å². The number of rotatable bonds is 12. The zero-order valence-electron chi connectivity index (χ0n) is 33.1. The van der Waals surface area contributed by atoms with Crippen molar-refractivity contribution in [2.45, 2.75) is 96.7 Å². The van der Waals surface area contributed by atoms with Crippen LogP contribution in [-0.2, 0) is 17.9 Å². The van der Waals surface area contributed by atoms with Gasteiger partial charge in [0.15, 0.2) is 5.78 Å². The van der Waals surface area contributed by atoms with Crippen molar-refractivity contribution in [1.29, 1.82) is 0 Å². The minimum atomic E-state index is -1.05. The third-order valence-electron chi connectivity index (χ3n) is 15.6. The summed E-state index contributed by atoms with van der Waals surface area (Å²) in [5.41, 5.74) is 0.661. The van der Waals surface area contributed by atoms with Crippen molar-refractivity contribution in [3.05, 3.63) is 130 Å². The van der Waals surface area contributed by atoms with Crippen molar-refractivity contribution in [3.63, 3.8) is 0 Å². The number of hydrogen-bond donors (Lipinski definition) is 3. The predicted octanol–water partition coefficient (Wildman–Crippen LogP) is 9.06. The highest BCUT2D eigenvalue weighted by atomic mass is 32.1. The van der Waals surface area contributed by atoms with E-state index >= 15 is 0 Å². The van der Waals surface area contributed by atoms with Crippen molar-refractivity contribution in [2.24, 2.45) is 33.5 Å². The van der Waals surface area contributed by atoms with E-state index in [1.54, 1.807) is 11.3 Å². The molecule has 1 heterocycles. The van der Waals surface area contributed by atoms with Crippen LogP contribution in [0.15, 0.2) is 109 Å². The Morgan fingerprint density at radius 3 is 2.43 bits per heavy atom. The summed E-state index contributed by atoms with van der Waals surface area (Å²) in [4.78, 5) is 19.1. The number of aliphatic hydroxyl groups is 3. The molecule has 3 N–H and O–H groups in total. The van der Waals surface area contributed by atoms with Gasteiger partial charge < -0.3 is 20.1 Å². The molecule has 9 unspecified atom stereocenters. The van der Waals surface area contributed by atoms with Crippen LogP contribution in [0.2, 0.25) is 0 Å². The summed E-state index contributed by atoms with van der Waals surface area (Å²) in [5.74, 6) is 0.426. The number of thiophene rings is 1. The van der Waals surface area contributed by atoms with Crippen molar-refractivity contribution in [1.82, 2.24) is 4.90 Å². The molecule has 294 valence electrons. The van der Waals surface area contributed by atoms with Gasteiger partial charge in [-0.05, 0) is 103 Å². The molecule has 3 fully saturated rings. The van der Waals surface area contributed by atoms with Crippen LogP contribution < -0.4 is 0 Å². The van der Waals surface area contributed by atoms with Gasteiger partial charge in [0.05, 0.1) is 35.9 Å². The molecule has 6 aliphatic rings. The molecule has 56 heavy (non-hydrogen) atoms. The number of fused-ring (bicyclic) bond motifs is 2. The smallest absolute Gasteiger partial charge is 0.199 e. The Balaban J connectivity index is 1.06. The normalized spacial score (nSPS) is 34.9. The molecule has 2 spiro atoms. The molecule has 4 aromatic rings. The molecule has 3 aromatic carbocycles. The number of nitrogens with zero attached hydrogens (tertiary/aromatic N) is 1. The van der Waals surface area contributed by atoms with Gasteiger partial charge in [0.2, 0.25) is 0 Å². The number of aliphatic hydroxyl groups excluding tert-OH is 2. The van der Waals surface area contributed by atoms with Crippen LogP contribution >= 0.6 is 11.3 Å². The van der Waals surface area contributed by atoms with E-state index in [1.165, 1.54) is 16.3 Å². The van der Waals surface area contributed by atoms with Gasteiger partial charge in [-0.3, -0.25) is 9.69 Å². The van der Waals surface area contributed by atoms with Gasteiger partial charge in [-0.1, -0.05) is 105 Å². The van der Waals surface area contributed by atoms with E-state index in [1.807, 2.05) is 42.5 Å². The van der Waals surface area contributed by atoms with E-state index in [2.05, 4.69) is 86.4 Å². The first kappa shape index (κ1) is 38.1. The first-order chi connectivity index (χ1) is 26.9. The lowest BCUT2D eigenvalue weighted by Gasteiger charge is -2.71. The number of carbonyl (C=O) groups is 1. The molecular weight excluding hydrogens is 715 g/mol. The van der Waals surface area contributed by atoms with Gasteiger partial charge in [-0.2, -0.15) is 0 Å². The highest BCUT2D eigenvalue weighted by molar-refractivity contribution is 7.14. The van der Waals surface area contributed by atoms with Crippen molar-refractivity contribution in [3.8, 4) is 0 Å². The zero-order chi connectivity index (χ0) is 38.9. The van der Waals surface area contributed by atoms with Gasteiger partial charge in [0.25, 0.3) is 0 Å². The molecule has 0 aliphatic heterocycles. The van der Waals surface area contributed by atoms with E-state index in [0.29, 0.717) is 39.1 Å². The Morgan fingerprint density at radius 1 is 0.893 bits per heavy atom. The maximum Gasteiger partial charge on any atom is 0.199 e. The maximum absolute atomic E-state index is 14.9. The van der Waals surface area contributed by atoms with Crippen LogP contribution in [0.3, 0.4) is 0 Å². The Kier molecular flexibility index (Phi) is 9.62. The fourth-order valence-electron chi connectivity index (χ4n) is 12.8. The first-order valence-corrected chi connectivity index (χ1v) is 21.7. The molecule has 0 amide bonds. The van der Waals surface area contributed by atoms with E-state index in [-0.39, 0.29) is 41.2 Å². The lowest BCUT2D eigenvalue weighted by atomic mass is 9.32. The minimum absolute atomic E-state index is 0.0618. The topological polar surface area (TPSA) is 90.2 Å². The average molecular weight is 772 g/mol. The summed E-state index contributed by atoms with van der Waals surface area (Å²) in [6.07, 6.45) is 11.6. The van der Waals surface area contributed by atoms with Crippen LogP contribution in [0.5, 0.6) is 0 Å². The number of aryl methyl sites for hydroxylation is 1. The Hall–Kier alpha value is -3.43. The molecular formula is C49H57NO5S. The number of Topliss-reactive ketones (excluding diaryl/α,β-unsaturated/α-hetero) is 1. The molecule has 0 radical (unpaired) electrons. The molecule has 0 saturated heterocycles. The number of ether oxygens (including phenoxy) is 1. The first-order valence-electron chi connectivity index (χ1n) is 20.8. The summed E-state index contributed by atoms with van der Waals surface area (Å²) in [6, 6.07) is 28.9. The van der Waals surface area contributed by atoms with Crippen molar-refractivity contribution < 1.29 is 24.9 Å². The van der Waals surface area contributed by atoms with Crippen LogP contribution in [-0.4, -0.2) is 63.5 Å². The van der Waals surface area contributed by atoms with E-state index in [0.717, 1.165) is 53.0 Å². The van der Waals surface area contributed by atoms with Gasteiger partial charge in [0, 0.05) is 46.3 Å². The second-order valence-electron chi connectivity index (χ2n) is 18.5. The fourth-order valence-corrected chi connectivity index (χ4v) is 13.6. The lowest BCUT2D eigenvalue weighted by Crippen LogP contribution is -2.67. The fraction of sp³-hybridized carbons (Fsp3) is 0.490. The third kappa shape index (κ3) is 5.95. The van der Waals surface area contributed by atoms with E-state index in [9.17, 15) is 20.1 Å². The molecule has 6 nitrogen and oxygen atoms in total. The van der Waals surface area contributed by atoms with Crippen LogP contribution in [0.25, 0.3) is 10.8 Å². The third-order valence-corrected chi connectivity index (χ3v) is 16.6. The lowest BCUT2D eigenvalue weighted by molar-refractivity contribution is -0.177. The second kappa shape index (κ2) is 14.1. The summed E-state index contributed by atoms with van der Waals surface area (Å²) >= 11 is 1.57. The number of ketones is 1. The highest BCUT2D eigenvalue weighted by Gasteiger charge is 2.74. The highest BCUT2D eigenvalue weighted by Crippen LogP contribution is 2.78. The molecule has 9 atom stereocenters. The van der Waals surface area contributed by atoms with Crippen LogP contribution in [0.1, 0.15) is 84.5 Å². The van der Waals surface area contributed by atoms with Crippen molar-refractivity contribution in [2.75, 3.05) is 19.7 Å². The predicted molar refractivity (Wildman–Crippen MR) is 223 cm³/mol. The SMILES string of the molecule is Cc1ccc(C(=O)C2=CC34C=CC25C(CCC2(C)C5CCC2(O)CN(Cc2cccc5ccccc25)CC(O)COCc2ccccc2)C3(C)CCC(O)C4)s1. The number of hydrogen-bond acceptors (Lipinski definition) is 7.